The lowest BCUT2D eigenvalue weighted by Gasteiger charge is -2.16. The quantitative estimate of drug-likeness (QED) is 0.266. The van der Waals surface area contributed by atoms with E-state index in [4.69, 9.17) is 26.1 Å². The summed E-state index contributed by atoms with van der Waals surface area (Å²) in [4.78, 5) is 18.3. The molecule has 1 aromatic heterocycles. The standard InChI is InChI=1S/C26H22ClNO3/c1-15-13-16(2)24-22(14-15)23(26(29)31-21-11-9-20(30-4)10-12-21)17(3)25(28-24)18-5-7-19(27)8-6-18/h5-14H,1-4H3. The Kier molecular flexibility index (Phi) is 5.66. The van der Waals surface area contributed by atoms with E-state index >= 15 is 0 Å². The van der Waals surface area contributed by atoms with E-state index in [9.17, 15) is 4.79 Å². The highest BCUT2D eigenvalue weighted by molar-refractivity contribution is 6.30. The molecule has 0 bridgehead atoms. The third kappa shape index (κ3) is 4.12. The smallest absolute Gasteiger partial charge is 0.344 e. The van der Waals surface area contributed by atoms with Crippen molar-refractivity contribution >= 4 is 28.5 Å². The predicted octanol–water partition coefficient (Wildman–Crippen LogP) is 6.71. The lowest BCUT2D eigenvalue weighted by molar-refractivity contribution is 0.0736. The zero-order valence-electron chi connectivity index (χ0n) is 17.8. The molecule has 0 aliphatic heterocycles. The summed E-state index contributed by atoms with van der Waals surface area (Å²) in [6.07, 6.45) is 0. The fourth-order valence-electron chi connectivity index (χ4n) is 3.77. The minimum atomic E-state index is -0.421. The summed E-state index contributed by atoms with van der Waals surface area (Å²) in [5.41, 5.74) is 5.74. The van der Waals surface area contributed by atoms with Crippen LogP contribution >= 0.6 is 11.6 Å². The number of aromatic nitrogens is 1. The van der Waals surface area contributed by atoms with E-state index in [1.807, 2.05) is 51.1 Å². The van der Waals surface area contributed by atoms with E-state index in [0.29, 0.717) is 22.1 Å². The minimum Gasteiger partial charge on any atom is -0.497 e. The van der Waals surface area contributed by atoms with Crippen molar-refractivity contribution in [3.8, 4) is 22.8 Å². The van der Waals surface area contributed by atoms with Gasteiger partial charge in [-0.2, -0.15) is 0 Å². The number of hydrogen-bond donors (Lipinski definition) is 0. The van der Waals surface area contributed by atoms with Crippen LogP contribution in [0.1, 0.15) is 27.0 Å². The molecule has 4 aromatic rings. The number of carbonyl (C=O) groups is 1. The average Bonchev–Trinajstić information content (AvgIpc) is 2.74. The first-order valence-corrected chi connectivity index (χ1v) is 10.3. The molecule has 0 spiro atoms. The molecule has 3 aromatic carbocycles. The molecule has 31 heavy (non-hydrogen) atoms. The first kappa shape index (κ1) is 20.9. The number of methoxy groups -OCH3 is 1. The number of benzene rings is 3. The molecule has 0 saturated heterocycles. The number of rotatable bonds is 4. The molecule has 0 amide bonds. The van der Waals surface area contributed by atoms with E-state index in [1.165, 1.54) is 0 Å². The summed E-state index contributed by atoms with van der Waals surface area (Å²) in [6, 6.07) is 18.4. The van der Waals surface area contributed by atoms with Crippen LogP contribution < -0.4 is 9.47 Å². The highest BCUT2D eigenvalue weighted by Gasteiger charge is 2.22. The van der Waals surface area contributed by atoms with E-state index in [0.717, 1.165) is 38.9 Å². The molecule has 0 aliphatic rings. The van der Waals surface area contributed by atoms with Crippen LogP contribution in [0.5, 0.6) is 11.5 Å². The highest BCUT2D eigenvalue weighted by Crippen LogP contribution is 2.33. The van der Waals surface area contributed by atoms with Crippen LogP contribution in [0.3, 0.4) is 0 Å². The van der Waals surface area contributed by atoms with Gasteiger partial charge in [0.15, 0.2) is 0 Å². The fourth-order valence-corrected chi connectivity index (χ4v) is 3.89. The van der Waals surface area contributed by atoms with Crippen molar-refractivity contribution in [2.75, 3.05) is 7.11 Å². The molecule has 1 heterocycles. The summed E-state index contributed by atoms with van der Waals surface area (Å²) in [5.74, 6) is 0.726. The van der Waals surface area contributed by atoms with E-state index < -0.39 is 5.97 Å². The normalized spacial score (nSPS) is 10.9. The molecular formula is C26H22ClNO3. The minimum absolute atomic E-state index is 0.421. The van der Waals surface area contributed by atoms with Gasteiger partial charge in [-0.15, -0.1) is 0 Å². The van der Waals surface area contributed by atoms with E-state index in [-0.39, 0.29) is 0 Å². The maximum Gasteiger partial charge on any atom is 0.344 e. The number of hydrogen-bond acceptors (Lipinski definition) is 4. The Morgan fingerprint density at radius 2 is 1.55 bits per heavy atom. The molecule has 0 fully saturated rings. The Morgan fingerprint density at radius 1 is 0.903 bits per heavy atom. The second kappa shape index (κ2) is 8.40. The molecule has 4 nitrogen and oxygen atoms in total. The van der Waals surface area contributed by atoms with Crippen LogP contribution in [-0.2, 0) is 0 Å². The SMILES string of the molecule is COc1ccc(OC(=O)c2c(C)c(-c3ccc(Cl)cc3)nc3c(C)cc(C)cc23)cc1. The molecule has 4 rings (SSSR count). The first-order valence-electron chi connectivity index (χ1n) is 9.91. The van der Waals surface area contributed by atoms with Crippen molar-refractivity contribution in [3.63, 3.8) is 0 Å². The lowest BCUT2D eigenvalue weighted by atomic mass is 9.95. The van der Waals surface area contributed by atoms with Gasteiger partial charge < -0.3 is 9.47 Å². The Hall–Kier alpha value is -3.37. The number of nitrogens with zero attached hydrogens (tertiary/aromatic N) is 1. The van der Waals surface area contributed by atoms with Crippen molar-refractivity contribution in [3.05, 3.63) is 87.9 Å². The molecule has 0 N–H and O–H groups in total. The van der Waals surface area contributed by atoms with Crippen molar-refractivity contribution < 1.29 is 14.3 Å². The van der Waals surface area contributed by atoms with Crippen molar-refractivity contribution in [2.24, 2.45) is 0 Å². The van der Waals surface area contributed by atoms with E-state index in [2.05, 4.69) is 6.07 Å². The number of ether oxygens (including phenoxy) is 2. The summed E-state index contributed by atoms with van der Waals surface area (Å²) in [7, 11) is 1.59. The number of pyridine rings is 1. The fraction of sp³-hybridized carbons (Fsp3) is 0.154. The molecule has 0 saturated carbocycles. The van der Waals surface area contributed by atoms with Crippen LogP contribution in [0, 0.1) is 20.8 Å². The van der Waals surface area contributed by atoms with Gasteiger partial charge in [-0.3, -0.25) is 0 Å². The van der Waals surface area contributed by atoms with Crippen LogP contribution in [0.2, 0.25) is 5.02 Å². The second-order valence-electron chi connectivity index (χ2n) is 7.51. The molecule has 0 atom stereocenters. The number of fused-ring (bicyclic) bond motifs is 1. The van der Waals surface area contributed by atoms with Gasteiger partial charge in [0.1, 0.15) is 11.5 Å². The van der Waals surface area contributed by atoms with E-state index in [1.54, 1.807) is 31.4 Å². The predicted molar refractivity (Wildman–Crippen MR) is 124 cm³/mol. The Bertz CT molecular complexity index is 1280. The van der Waals surface area contributed by atoms with Crippen LogP contribution in [0.25, 0.3) is 22.2 Å². The van der Waals surface area contributed by atoms with Gasteiger partial charge in [-0.25, -0.2) is 9.78 Å². The maximum atomic E-state index is 13.4. The third-order valence-electron chi connectivity index (χ3n) is 5.26. The number of aryl methyl sites for hydroxylation is 2. The largest absolute Gasteiger partial charge is 0.497 e. The van der Waals surface area contributed by atoms with Gasteiger partial charge in [0, 0.05) is 16.0 Å². The molecule has 5 heteroatoms. The number of halogens is 1. The summed E-state index contributed by atoms with van der Waals surface area (Å²) in [6.45, 7) is 5.91. The van der Waals surface area contributed by atoms with Gasteiger partial charge in [0.2, 0.25) is 0 Å². The van der Waals surface area contributed by atoms with Gasteiger partial charge in [-0.1, -0.05) is 35.4 Å². The monoisotopic (exact) mass is 431 g/mol. The topological polar surface area (TPSA) is 48.4 Å². The Morgan fingerprint density at radius 3 is 2.19 bits per heavy atom. The average molecular weight is 432 g/mol. The van der Waals surface area contributed by atoms with Crippen LogP contribution in [0.4, 0.5) is 0 Å². The van der Waals surface area contributed by atoms with Gasteiger partial charge >= 0.3 is 5.97 Å². The maximum absolute atomic E-state index is 13.4. The van der Waals surface area contributed by atoms with Crippen molar-refractivity contribution in [2.45, 2.75) is 20.8 Å². The summed E-state index contributed by atoms with van der Waals surface area (Å²) < 4.78 is 10.9. The Balaban J connectivity index is 1.89. The second-order valence-corrected chi connectivity index (χ2v) is 7.95. The van der Waals surface area contributed by atoms with Crippen LogP contribution in [-0.4, -0.2) is 18.1 Å². The lowest BCUT2D eigenvalue weighted by Crippen LogP contribution is -2.13. The van der Waals surface area contributed by atoms with Gasteiger partial charge in [0.25, 0.3) is 0 Å². The zero-order chi connectivity index (χ0) is 22.1. The number of esters is 1. The highest BCUT2D eigenvalue weighted by atomic mass is 35.5. The van der Waals surface area contributed by atoms with Crippen LogP contribution in [0.15, 0.2) is 60.7 Å². The Labute approximate surface area is 186 Å². The first-order chi connectivity index (χ1) is 14.9. The molecule has 0 unspecified atom stereocenters. The van der Waals surface area contributed by atoms with Crippen molar-refractivity contribution in [1.29, 1.82) is 0 Å². The third-order valence-corrected chi connectivity index (χ3v) is 5.51. The van der Waals surface area contributed by atoms with Crippen molar-refractivity contribution in [1.82, 2.24) is 4.98 Å². The van der Waals surface area contributed by atoms with Gasteiger partial charge in [-0.05, 0) is 74.4 Å². The molecular weight excluding hydrogens is 410 g/mol. The summed E-state index contributed by atoms with van der Waals surface area (Å²) >= 11 is 6.07. The molecule has 156 valence electrons. The summed E-state index contributed by atoms with van der Waals surface area (Å²) in [5, 5.41) is 1.43. The molecule has 0 radical (unpaired) electrons. The van der Waals surface area contributed by atoms with Gasteiger partial charge in [0.05, 0.1) is 23.9 Å². The number of carbonyl (C=O) groups excluding carboxylic acids is 1. The zero-order valence-corrected chi connectivity index (χ0v) is 18.6. The molecule has 0 aliphatic carbocycles.